The molecule has 1 atom stereocenters. The van der Waals surface area contributed by atoms with Gasteiger partial charge in [-0.3, -0.25) is 4.21 Å². The predicted octanol–water partition coefficient (Wildman–Crippen LogP) is 2.73. The first-order valence-electron chi connectivity index (χ1n) is 5.44. The zero-order valence-electron chi connectivity index (χ0n) is 10.1. The van der Waals surface area contributed by atoms with Crippen LogP contribution in [-0.4, -0.2) is 15.3 Å². The Balaban J connectivity index is 2.19. The molecule has 0 spiro atoms. The average molecular weight is 282 g/mol. The van der Waals surface area contributed by atoms with E-state index in [1.165, 1.54) is 30.3 Å². The van der Waals surface area contributed by atoms with E-state index in [2.05, 4.69) is 0 Å². The van der Waals surface area contributed by atoms with Gasteiger partial charge in [0.05, 0.1) is 16.6 Å². The second-order valence-corrected chi connectivity index (χ2v) is 5.39. The highest BCUT2D eigenvalue weighted by Gasteiger charge is 2.15. The molecule has 2 aromatic rings. The zero-order valence-corrected chi connectivity index (χ0v) is 10.9. The van der Waals surface area contributed by atoms with E-state index in [1.807, 2.05) is 0 Å². The van der Waals surface area contributed by atoms with E-state index >= 15 is 0 Å². The van der Waals surface area contributed by atoms with Crippen LogP contribution in [-0.2, 0) is 16.6 Å². The minimum absolute atomic E-state index is 0.133. The fourth-order valence-corrected chi connectivity index (χ4v) is 2.75. The summed E-state index contributed by atoms with van der Waals surface area (Å²) in [6.45, 7) is 1.61. The number of rotatable bonds is 4. The molecule has 0 radical (unpaired) electrons. The van der Waals surface area contributed by atoms with Crippen molar-refractivity contribution in [3.63, 3.8) is 0 Å². The summed E-state index contributed by atoms with van der Waals surface area (Å²) in [6, 6.07) is 6.72. The van der Waals surface area contributed by atoms with Crippen molar-refractivity contribution in [1.82, 2.24) is 0 Å². The van der Waals surface area contributed by atoms with Gasteiger partial charge in [-0.2, -0.15) is 0 Å². The lowest BCUT2D eigenvalue weighted by molar-refractivity contribution is 0.0661. The topological polar surface area (TPSA) is 67.5 Å². The Morgan fingerprint density at radius 3 is 2.53 bits per heavy atom. The predicted molar refractivity (Wildman–Crippen MR) is 66.9 cm³/mol. The first-order valence-corrected chi connectivity index (χ1v) is 6.76. The minimum atomic E-state index is -1.37. The van der Waals surface area contributed by atoms with Crippen LogP contribution in [0.1, 0.15) is 21.9 Å². The molecule has 1 heterocycles. The number of carboxylic acid groups (broad SMARTS) is 1. The maximum Gasteiger partial charge on any atom is 0.371 e. The van der Waals surface area contributed by atoms with Crippen LogP contribution in [0.4, 0.5) is 4.39 Å². The molecule has 4 nitrogen and oxygen atoms in total. The number of carbonyl (C=O) groups is 1. The molecule has 0 amide bonds. The summed E-state index contributed by atoms with van der Waals surface area (Å²) in [4.78, 5) is 11.2. The molecule has 1 unspecified atom stereocenters. The Hall–Kier alpha value is -1.95. The van der Waals surface area contributed by atoms with Crippen LogP contribution in [0.25, 0.3) is 0 Å². The molecule has 1 aromatic carbocycles. The van der Waals surface area contributed by atoms with Gasteiger partial charge in [0.1, 0.15) is 11.6 Å². The molecule has 19 heavy (non-hydrogen) atoms. The van der Waals surface area contributed by atoms with Crippen LogP contribution in [0.3, 0.4) is 0 Å². The van der Waals surface area contributed by atoms with Crippen molar-refractivity contribution >= 4 is 16.8 Å². The van der Waals surface area contributed by atoms with Crippen molar-refractivity contribution in [1.29, 1.82) is 0 Å². The molecule has 2 rings (SSSR count). The van der Waals surface area contributed by atoms with Gasteiger partial charge in [-0.25, -0.2) is 9.18 Å². The van der Waals surface area contributed by atoms with E-state index in [0.29, 0.717) is 16.2 Å². The summed E-state index contributed by atoms with van der Waals surface area (Å²) in [7, 11) is -1.37. The minimum Gasteiger partial charge on any atom is -0.475 e. The standard InChI is InChI=1S/C13H11FO4S/c1-8-9(6-12(18-8)13(15)16)7-19(17)11-4-2-10(14)3-5-11/h2-6H,7H2,1H3,(H,15,16). The van der Waals surface area contributed by atoms with E-state index in [-0.39, 0.29) is 11.5 Å². The van der Waals surface area contributed by atoms with Crippen LogP contribution < -0.4 is 0 Å². The summed E-state index contributed by atoms with van der Waals surface area (Å²) >= 11 is 0. The van der Waals surface area contributed by atoms with Crippen LogP contribution in [0.5, 0.6) is 0 Å². The monoisotopic (exact) mass is 282 g/mol. The fourth-order valence-electron chi connectivity index (χ4n) is 1.58. The summed E-state index contributed by atoms with van der Waals surface area (Å²) in [5, 5.41) is 8.79. The van der Waals surface area contributed by atoms with Crippen molar-refractivity contribution < 1.29 is 22.9 Å². The lowest BCUT2D eigenvalue weighted by Gasteiger charge is -2.01. The second kappa shape index (κ2) is 5.36. The average Bonchev–Trinajstić information content (AvgIpc) is 2.72. The third-order valence-corrected chi connectivity index (χ3v) is 3.97. The van der Waals surface area contributed by atoms with Gasteiger partial charge >= 0.3 is 5.97 Å². The van der Waals surface area contributed by atoms with Gasteiger partial charge in [0.2, 0.25) is 5.76 Å². The van der Waals surface area contributed by atoms with E-state index < -0.39 is 22.6 Å². The summed E-state index contributed by atoms with van der Waals surface area (Å²) in [5.74, 6) is -1.18. The molecular formula is C13H11FO4S. The highest BCUT2D eigenvalue weighted by molar-refractivity contribution is 7.84. The quantitative estimate of drug-likeness (QED) is 0.936. The van der Waals surface area contributed by atoms with Crippen molar-refractivity contribution in [2.24, 2.45) is 0 Å². The number of hydrogen-bond donors (Lipinski definition) is 1. The molecule has 0 bridgehead atoms. The lowest BCUT2D eigenvalue weighted by atomic mass is 10.3. The highest BCUT2D eigenvalue weighted by Crippen LogP contribution is 2.19. The van der Waals surface area contributed by atoms with Crippen LogP contribution >= 0.6 is 0 Å². The summed E-state index contributed by atoms with van der Waals surface area (Å²) in [6.07, 6.45) is 0. The highest BCUT2D eigenvalue weighted by atomic mass is 32.2. The van der Waals surface area contributed by atoms with Gasteiger partial charge in [0, 0.05) is 10.5 Å². The molecular weight excluding hydrogens is 271 g/mol. The summed E-state index contributed by atoms with van der Waals surface area (Å²) < 4.78 is 29.8. The van der Waals surface area contributed by atoms with Crippen molar-refractivity contribution in [2.75, 3.05) is 0 Å². The molecule has 0 aliphatic heterocycles. The molecule has 0 saturated heterocycles. The van der Waals surface area contributed by atoms with Crippen molar-refractivity contribution in [3.8, 4) is 0 Å². The van der Waals surface area contributed by atoms with Crippen molar-refractivity contribution in [2.45, 2.75) is 17.6 Å². The Morgan fingerprint density at radius 2 is 2.00 bits per heavy atom. The number of aryl methyl sites for hydroxylation is 1. The molecule has 1 N–H and O–H groups in total. The molecule has 0 aliphatic rings. The van der Waals surface area contributed by atoms with Gasteiger partial charge in [-0.1, -0.05) is 0 Å². The third kappa shape index (κ3) is 3.08. The largest absolute Gasteiger partial charge is 0.475 e. The maximum atomic E-state index is 12.8. The fraction of sp³-hybridized carbons (Fsp3) is 0.154. The normalized spacial score (nSPS) is 12.3. The molecule has 0 aliphatic carbocycles. The first-order chi connectivity index (χ1) is 8.97. The Labute approximate surface area is 111 Å². The molecule has 0 saturated carbocycles. The lowest BCUT2D eigenvalue weighted by Crippen LogP contribution is -1.97. The maximum absolute atomic E-state index is 12.8. The zero-order chi connectivity index (χ0) is 14.0. The second-order valence-electron chi connectivity index (χ2n) is 3.94. The van der Waals surface area contributed by atoms with E-state index in [1.54, 1.807) is 6.92 Å². The number of aromatic carboxylic acids is 1. The van der Waals surface area contributed by atoms with Gasteiger partial charge < -0.3 is 9.52 Å². The van der Waals surface area contributed by atoms with Gasteiger partial charge in [-0.05, 0) is 37.3 Å². The van der Waals surface area contributed by atoms with E-state index in [9.17, 15) is 13.4 Å². The van der Waals surface area contributed by atoms with E-state index in [4.69, 9.17) is 9.52 Å². The SMILES string of the molecule is Cc1oc(C(=O)O)cc1CS(=O)c1ccc(F)cc1. The molecule has 0 fully saturated rings. The van der Waals surface area contributed by atoms with Gasteiger partial charge in [0.15, 0.2) is 0 Å². The van der Waals surface area contributed by atoms with Crippen LogP contribution in [0.15, 0.2) is 39.6 Å². The molecule has 100 valence electrons. The summed E-state index contributed by atoms with van der Waals surface area (Å²) in [5.41, 5.74) is 0.569. The number of carboxylic acids is 1. The van der Waals surface area contributed by atoms with Gasteiger partial charge in [-0.15, -0.1) is 0 Å². The smallest absolute Gasteiger partial charge is 0.371 e. The van der Waals surface area contributed by atoms with Crippen LogP contribution in [0.2, 0.25) is 0 Å². The molecule has 6 heteroatoms. The van der Waals surface area contributed by atoms with Gasteiger partial charge in [0.25, 0.3) is 0 Å². The Bertz CT molecular complexity index is 631. The molecule has 1 aromatic heterocycles. The third-order valence-electron chi connectivity index (χ3n) is 2.59. The first kappa shape index (κ1) is 13.5. The van der Waals surface area contributed by atoms with E-state index in [0.717, 1.165) is 0 Å². The number of furan rings is 1. The number of hydrogen-bond acceptors (Lipinski definition) is 3. The number of halogens is 1. The Morgan fingerprint density at radius 1 is 1.37 bits per heavy atom. The Kier molecular flexibility index (Phi) is 3.80. The van der Waals surface area contributed by atoms with Crippen LogP contribution in [0, 0.1) is 12.7 Å². The van der Waals surface area contributed by atoms with Crippen molar-refractivity contribution in [3.05, 3.63) is 53.2 Å². The number of benzene rings is 1.